The van der Waals surface area contributed by atoms with E-state index < -0.39 is 0 Å². The lowest BCUT2D eigenvalue weighted by Crippen LogP contribution is -2.28. The van der Waals surface area contributed by atoms with Crippen LogP contribution in [0.25, 0.3) is 0 Å². The van der Waals surface area contributed by atoms with Gasteiger partial charge >= 0.3 is 0 Å². The third kappa shape index (κ3) is 8.33. The molecule has 2 aromatic rings. The van der Waals surface area contributed by atoms with Crippen LogP contribution in [0.5, 0.6) is 5.75 Å². The molecule has 1 unspecified atom stereocenters. The Hall–Kier alpha value is -2.84. The molecular formula is C30H47N5O2S. The fraction of sp³-hybridized carbons (Fsp3) is 0.500. The first kappa shape index (κ1) is 31.4. The van der Waals surface area contributed by atoms with E-state index in [1.807, 2.05) is 25.3 Å². The lowest BCUT2D eigenvalue weighted by Gasteiger charge is -2.24. The number of rotatable bonds is 13. The largest absolute Gasteiger partial charge is 0.492 e. The molecule has 7 nitrogen and oxygen atoms in total. The minimum Gasteiger partial charge on any atom is -0.492 e. The van der Waals surface area contributed by atoms with Crippen LogP contribution < -0.4 is 31.4 Å². The van der Waals surface area contributed by atoms with Crippen LogP contribution in [-0.2, 0) is 5.41 Å². The Balaban J connectivity index is 2.40. The molecule has 8 heteroatoms. The van der Waals surface area contributed by atoms with Crippen LogP contribution in [0.15, 0.2) is 42.2 Å². The maximum atomic E-state index is 13.4. The van der Waals surface area contributed by atoms with Crippen LogP contribution in [0.4, 0.5) is 17.1 Å². The van der Waals surface area contributed by atoms with E-state index in [1.165, 1.54) is 17.0 Å². The summed E-state index contributed by atoms with van der Waals surface area (Å²) in [4.78, 5) is 13.4. The topological polar surface area (TPSA) is 106 Å². The number of anilines is 3. The van der Waals surface area contributed by atoms with Gasteiger partial charge in [-0.25, -0.2) is 5.84 Å². The fourth-order valence-electron chi connectivity index (χ4n) is 4.40. The Morgan fingerprint density at radius 3 is 2.39 bits per heavy atom. The summed E-state index contributed by atoms with van der Waals surface area (Å²) in [6.45, 7) is 12.7. The van der Waals surface area contributed by atoms with Crippen LogP contribution in [0.1, 0.15) is 88.2 Å². The number of methoxy groups -OCH3 is 1. The molecule has 0 spiro atoms. The smallest absolute Gasteiger partial charge is 0.255 e. The number of unbranched alkanes of at least 4 members (excludes halogenated alkanes) is 1. The number of ether oxygens (including phenoxy) is 1. The lowest BCUT2D eigenvalue weighted by atomic mass is 9.86. The molecule has 0 saturated heterocycles. The normalized spacial score (nSPS) is 12.7. The van der Waals surface area contributed by atoms with E-state index >= 15 is 0 Å². The highest BCUT2D eigenvalue weighted by atomic mass is 32.2. The van der Waals surface area contributed by atoms with Gasteiger partial charge in [-0.3, -0.25) is 9.80 Å². The van der Waals surface area contributed by atoms with Gasteiger partial charge in [-0.1, -0.05) is 71.9 Å². The Morgan fingerprint density at radius 2 is 1.82 bits per heavy atom. The monoisotopic (exact) mass is 541 g/mol. The first-order valence-electron chi connectivity index (χ1n) is 13.4. The number of benzene rings is 2. The molecule has 0 aromatic heterocycles. The summed E-state index contributed by atoms with van der Waals surface area (Å²) in [5.41, 5.74) is 11.8. The number of aryl methyl sites for hydroxylation is 1. The number of carbonyl (C=O) groups is 1. The van der Waals surface area contributed by atoms with Gasteiger partial charge < -0.3 is 20.5 Å². The maximum Gasteiger partial charge on any atom is 0.255 e. The van der Waals surface area contributed by atoms with E-state index in [9.17, 15) is 4.79 Å². The molecule has 6 N–H and O–H groups in total. The number of nitrogens with one attached hydrogen (secondary N) is 2. The van der Waals surface area contributed by atoms with Crippen molar-refractivity contribution in [1.82, 2.24) is 0 Å². The van der Waals surface area contributed by atoms with E-state index in [4.69, 9.17) is 16.3 Å². The van der Waals surface area contributed by atoms with Crippen LogP contribution >= 0.6 is 11.9 Å². The van der Waals surface area contributed by atoms with Gasteiger partial charge in [-0.05, 0) is 66.5 Å². The van der Waals surface area contributed by atoms with Crippen LogP contribution in [0, 0.1) is 12.8 Å². The molecule has 0 bridgehead atoms. The van der Waals surface area contributed by atoms with Crippen molar-refractivity contribution in [3.63, 3.8) is 0 Å². The summed E-state index contributed by atoms with van der Waals surface area (Å²) in [5.74, 6) is 7.09. The predicted molar refractivity (Wildman–Crippen MR) is 165 cm³/mol. The van der Waals surface area contributed by atoms with Gasteiger partial charge in [0.15, 0.2) is 5.75 Å². The number of hydrogen-bond acceptors (Lipinski definition) is 7. The molecule has 210 valence electrons. The lowest BCUT2D eigenvalue weighted by molar-refractivity contribution is 0.102. The van der Waals surface area contributed by atoms with Gasteiger partial charge in [-0.2, -0.15) is 0 Å². The van der Waals surface area contributed by atoms with Gasteiger partial charge in [0, 0.05) is 23.7 Å². The van der Waals surface area contributed by atoms with Gasteiger partial charge in [0.05, 0.1) is 24.2 Å². The van der Waals surface area contributed by atoms with E-state index in [0.29, 0.717) is 22.9 Å². The van der Waals surface area contributed by atoms with Crippen molar-refractivity contribution in [2.75, 3.05) is 28.4 Å². The highest BCUT2D eigenvalue weighted by Crippen LogP contribution is 2.39. The average molecular weight is 542 g/mol. The fourth-order valence-corrected chi connectivity index (χ4v) is 4.77. The zero-order valence-electron chi connectivity index (χ0n) is 24.4. The second-order valence-electron chi connectivity index (χ2n) is 10.8. The van der Waals surface area contributed by atoms with E-state index in [0.717, 1.165) is 60.3 Å². The molecule has 0 heterocycles. The van der Waals surface area contributed by atoms with Crippen LogP contribution in [0.2, 0.25) is 0 Å². The zero-order valence-corrected chi connectivity index (χ0v) is 25.2. The van der Waals surface area contributed by atoms with Crippen molar-refractivity contribution in [1.29, 1.82) is 0 Å². The van der Waals surface area contributed by atoms with E-state index in [2.05, 4.69) is 50.7 Å². The van der Waals surface area contributed by atoms with Crippen molar-refractivity contribution in [2.24, 2.45) is 17.5 Å². The van der Waals surface area contributed by atoms with Crippen LogP contribution in [0.3, 0.4) is 0 Å². The standard InChI is InChI=1S/C30H47N5O2S/c1-9-11-13-21(12-10-2)24(31)19-35(32)27-16-22(15-14-20(27)3)29(36)33-25-17-23(30(4,5)6)18-26(34-38-8)28(25)37-7/h14-19,21,34H,9-13,31-32H2,1-8H3,(H,33,36)/b24-19-. The molecule has 1 atom stereocenters. The summed E-state index contributed by atoms with van der Waals surface area (Å²) in [6.07, 6.45) is 9.15. The summed E-state index contributed by atoms with van der Waals surface area (Å²) in [6, 6.07) is 9.54. The molecule has 0 aliphatic rings. The second-order valence-corrected chi connectivity index (χ2v) is 11.4. The third-order valence-corrected chi connectivity index (χ3v) is 7.10. The number of allylic oxidation sites excluding steroid dienone is 1. The molecule has 0 radical (unpaired) electrons. The Labute approximate surface area is 233 Å². The predicted octanol–water partition coefficient (Wildman–Crippen LogP) is 7.33. The quantitative estimate of drug-likeness (QED) is 0.119. The van der Waals surface area contributed by atoms with Crippen LogP contribution in [-0.4, -0.2) is 19.3 Å². The first-order valence-corrected chi connectivity index (χ1v) is 14.6. The molecule has 0 fully saturated rings. The van der Waals surface area contributed by atoms with E-state index in [1.54, 1.807) is 25.4 Å². The Kier molecular flexibility index (Phi) is 11.9. The molecule has 0 aliphatic carbocycles. The molecular weight excluding hydrogens is 494 g/mol. The summed E-state index contributed by atoms with van der Waals surface area (Å²) < 4.78 is 8.96. The first-order chi connectivity index (χ1) is 18.0. The Morgan fingerprint density at radius 1 is 1.13 bits per heavy atom. The van der Waals surface area contributed by atoms with Gasteiger partial charge in [0.25, 0.3) is 5.91 Å². The van der Waals surface area contributed by atoms with Crippen molar-refractivity contribution >= 4 is 34.9 Å². The average Bonchev–Trinajstić information content (AvgIpc) is 2.86. The highest BCUT2D eigenvalue weighted by molar-refractivity contribution is 7.99. The molecule has 0 saturated carbocycles. The summed E-state index contributed by atoms with van der Waals surface area (Å²) >= 11 is 1.47. The minimum atomic E-state index is -0.247. The minimum absolute atomic E-state index is 0.114. The molecule has 38 heavy (non-hydrogen) atoms. The molecule has 1 amide bonds. The maximum absolute atomic E-state index is 13.4. The SMILES string of the molecule is CCCCC(CCC)/C(N)=C/N(N)c1cc(C(=O)Nc2cc(C(C)(C)C)cc(NSC)c2OC)ccc1C. The van der Waals surface area contributed by atoms with E-state index in [-0.39, 0.29) is 11.3 Å². The molecule has 2 aromatic carbocycles. The van der Waals surface area contributed by atoms with Crippen molar-refractivity contribution in [3.8, 4) is 5.75 Å². The summed E-state index contributed by atoms with van der Waals surface area (Å²) in [5, 5.41) is 4.60. The number of nitrogens with zero attached hydrogens (tertiary/aromatic N) is 1. The Bertz CT molecular complexity index is 1110. The van der Waals surface area contributed by atoms with Crippen molar-refractivity contribution in [3.05, 3.63) is 58.9 Å². The zero-order chi connectivity index (χ0) is 28.5. The summed E-state index contributed by atoms with van der Waals surface area (Å²) in [7, 11) is 1.60. The van der Waals surface area contributed by atoms with Crippen molar-refractivity contribution in [2.45, 2.75) is 79.1 Å². The highest BCUT2D eigenvalue weighted by Gasteiger charge is 2.22. The number of hydrazine groups is 1. The molecule has 0 aliphatic heterocycles. The third-order valence-electron chi connectivity index (χ3n) is 6.67. The number of hydrogen-bond donors (Lipinski definition) is 4. The number of carbonyl (C=O) groups excluding carboxylic acids is 1. The van der Waals surface area contributed by atoms with Gasteiger partial charge in [0.2, 0.25) is 0 Å². The van der Waals surface area contributed by atoms with Crippen molar-refractivity contribution < 1.29 is 9.53 Å². The number of nitrogens with two attached hydrogens (primary N) is 2. The van der Waals surface area contributed by atoms with Gasteiger partial charge in [-0.15, -0.1) is 0 Å². The number of amides is 1. The van der Waals surface area contributed by atoms with Gasteiger partial charge in [0.1, 0.15) is 0 Å². The molecule has 2 rings (SSSR count). The second kappa shape index (κ2) is 14.4.